The Hall–Kier alpha value is -1.14. The van der Waals surface area contributed by atoms with Crippen LogP contribution in [0, 0.1) is 0 Å². The number of carbonyl (C=O) groups is 2. The molecule has 0 aromatic heterocycles. The third kappa shape index (κ3) is 4.64. The Bertz CT molecular complexity index is 162. The number of hydrogen-bond donors (Lipinski definition) is 4. The van der Waals surface area contributed by atoms with Crippen LogP contribution in [0.5, 0.6) is 0 Å². The number of aliphatic carboxylic acids is 2. The lowest BCUT2D eigenvalue weighted by molar-refractivity contribution is -0.140. The molecule has 70 valence electrons. The van der Waals surface area contributed by atoms with Crippen molar-refractivity contribution in [3.63, 3.8) is 0 Å². The Kier molecular flexibility index (Phi) is 4.24. The van der Waals surface area contributed by atoms with Crippen molar-refractivity contribution in [2.24, 2.45) is 11.5 Å². The van der Waals surface area contributed by atoms with E-state index in [9.17, 15) is 9.59 Å². The fourth-order valence-electron chi connectivity index (χ4n) is 0.706. The predicted octanol–water partition coefficient (Wildman–Crippen LogP) is -1.41. The van der Waals surface area contributed by atoms with Gasteiger partial charge in [0.25, 0.3) is 0 Å². The molecule has 6 heteroatoms. The molecule has 0 amide bonds. The minimum Gasteiger partial charge on any atom is -0.481 e. The first-order chi connectivity index (χ1) is 5.43. The molecule has 0 aliphatic carbocycles. The lowest BCUT2D eigenvalue weighted by atomic mass is 10.0. The Balaban J connectivity index is 3.83. The van der Waals surface area contributed by atoms with Gasteiger partial charge < -0.3 is 21.7 Å². The summed E-state index contributed by atoms with van der Waals surface area (Å²) in [4.78, 5) is 20.2. The number of carboxylic acid groups (broad SMARTS) is 2. The second kappa shape index (κ2) is 4.68. The van der Waals surface area contributed by atoms with E-state index in [1.54, 1.807) is 0 Å². The molecule has 0 aliphatic rings. The summed E-state index contributed by atoms with van der Waals surface area (Å²) >= 11 is 0. The molecule has 0 aliphatic heterocycles. The molecule has 6 N–H and O–H groups in total. The largest absolute Gasteiger partial charge is 0.481 e. The average molecular weight is 176 g/mol. The maximum absolute atomic E-state index is 10.1. The molecule has 0 rings (SSSR count). The van der Waals surface area contributed by atoms with Crippen molar-refractivity contribution < 1.29 is 19.8 Å². The number of nitrogens with two attached hydrogens (primary N) is 2. The molecule has 0 unspecified atom stereocenters. The summed E-state index contributed by atoms with van der Waals surface area (Å²) in [5.41, 5.74) is 10.6. The van der Waals surface area contributed by atoms with Gasteiger partial charge in [-0.05, 0) is 0 Å². The van der Waals surface area contributed by atoms with Gasteiger partial charge in [-0.15, -0.1) is 0 Å². The summed E-state index contributed by atoms with van der Waals surface area (Å²) < 4.78 is 0. The molecule has 0 aromatic rings. The summed E-state index contributed by atoms with van der Waals surface area (Å²) in [6, 6.07) is -1.61. The molecule has 12 heavy (non-hydrogen) atoms. The second-order valence-electron chi connectivity index (χ2n) is 2.52. The molecule has 0 aromatic carbocycles. The van der Waals surface area contributed by atoms with E-state index in [4.69, 9.17) is 21.7 Å². The summed E-state index contributed by atoms with van der Waals surface area (Å²) in [6.45, 7) is 0. The highest BCUT2D eigenvalue weighted by molar-refractivity contribution is 5.69. The van der Waals surface area contributed by atoms with Gasteiger partial charge in [0, 0.05) is 12.1 Å². The van der Waals surface area contributed by atoms with Gasteiger partial charge in [-0.2, -0.15) is 0 Å². The minimum absolute atomic E-state index is 0.311. The van der Waals surface area contributed by atoms with Crippen molar-refractivity contribution in [1.82, 2.24) is 0 Å². The topological polar surface area (TPSA) is 127 Å². The van der Waals surface area contributed by atoms with E-state index in [-0.39, 0.29) is 12.8 Å². The smallest absolute Gasteiger partial charge is 0.304 e. The summed E-state index contributed by atoms with van der Waals surface area (Å²) in [5.74, 6) is -2.16. The van der Waals surface area contributed by atoms with Crippen LogP contribution in [0.3, 0.4) is 0 Å². The van der Waals surface area contributed by atoms with Crippen LogP contribution in [0.2, 0.25) is 0 Å². The third-order valence-corrected chi connectivity index (χ3v) is 1.37. The summed E-state index contributed by atoms with van der Waals surface area (Å²) in [7, 11) is 0. The molecule has 0 saturated carbocycles. The highest BCUT2D eigenvalue weighted by Gasteiger charge is 2.18. The van der Waals surface area contributed by atoms with Crippen LogP contribution < -0.4 is 11.5 Å². The van der Waals surface area contributed by atoms with Crippen molar-refractivity contribution >= 4 is 11.9 Å². The first-order valence-electron chi connectivity index (χ1n) is 3.38. The quantitative estimate of drug-likeness (QED) is 0.407. The zero-order valence-electron chi connectivity index (χ0n) is 6.43. The van der Waals surface area contributed by atoms with E-state index in [0.29, 0.717) is 0 Å². The Labute approximate surface area is 69.2 Å². The van der Waals surface area contributed by atoms with E-state index < -0.39 is 24.0 Å². The Morgan fingerprint density at radius 2 is 1.25 bits per heavy atom. The van der Waals surface area contributed by atoms with E-state index in [1.165, 1.54) is 0 Å². The maximum atomic E-state index is 10.1. The van der Waals surface area contributed by atoms with Gasteiger partial charge in [-0.25, -0.2) is 0 Å². The SMILES string of the molecule is N[C@H](CC(=O)O)[C@H](N)CC(=O)O. The standard InChI is InChI=1S/C6H12N2O4/c7-3(1-5(9)10)4(8)2-6(11)12/h3-4H,1-2,7-8H2,(H,9,10)(H,11,12)/t3-,4-/m1/s1. The molecule has 0 radical (unpaired) electrons. The molecular formula is C6H12N2O4. The van der Waals surface area contributed by atoms with Crippen LogP contribution in [0.15, 0.2) is 0 Å². The van der Waals surface area contributed by atoms with E-state index in [1.807, 2.05) is 0 Å². The zero-order chi connectivity index (χ0) is 9.72. The molecular weight excluding hydrogens is 164 g/mol. The van der Waals surface area contributed by atoms with Crippen LogP contribution >= 0.6 is 0 Å². The van der Waals surface area contributed by atoms with Gasteiger partial charge in [0.1, 0.15) is 0 Å². The normalized spacial score (nSPS) is 15.2. The molecule has 2 atom stereocenters. The first kappa shape index (κ1) is 10.9. The van der Waals surface area contributed by atoms with Crippen molar-refractivity contribution in [3.05, 3.63) is 0 Å². The second-order valence-corrected chi connectivity index (χ2v) is 2.52. The van der Waals surface area contributed by atoms with Gasteiger partial charge in [-0.1, -0.05) is 0 Å². The van der Waals surface area contributed by atoms with E-state index in [2.05, 4.69) is 0 Å². The highest BCUT2D eigenvalue weighted by Crippen LogP contribution is 1.98. The van der Waals surface area contributed by atoms with Crippen LogP contribution in [0.4, 0.5) is 0 Å². The number of hydrogen-bond acceptors (Lipinski definition) is 4. The van der Waals surface area contributed by atoms with Gasteiger partial charge in [0.2, 0.25) is 0 Å². The molecule has 0 fully saturated rings. The summed E-state index contributed by atoms with van der Waals surface area (Å²) in [6.07, 6.45) is -0.622. The van der Waals surface area contributed by atoms with E-state index >= 15 is 0 Å². The average Bonchev–Trinajstić information content (AvgIpc) is 1.84. The first-order valence-corrected chi connectivity index (χ1v) is 3.38. The van der Waals surface area contributed by atoms with E-state index in [0.717, 1.165) is 0 Å². The fourth-order valence-corrected chi connectivity index (χ4v) is 0.706. The highest BCUT2D eigenvalue weighted by atomic mass is 16.4. The minimum atomic E-state index is -1.08. The van der Waals surface area contributed by atoms with Gasteiger partial charge in [0.15, 0.2) is 0 Å². The van der Waals surface area contributed by atoms with Gasteiger partial charge in [0.05, 0.1) is 12.8 Å². The molecule has 0 spiro atoms. The van der Waals surface area contributed by atoms with Crippen molar-refractivity contribution in [2.75, 3.05) is 0 Å². The molecule has 0 bridgehead atoms. The van der Waals surface area contributed by atoms with Crippen LogP contribution in [-0.2, 0) is 9.59 Å². The van der Waals surface area contributed by atoms with Crippen LogP contribution in [0.25, 0.3) is 0 Å². The van der Waals surface area contributed by atoms with Gasteiger partial charge in [-0.3, -0.25) is 9.59 Å². The van der Waals surface area contributed by atoms with Gasteiger partial charge >= 0.3 is 11.9 Å². The Morgan fingerprint density at radius 3 is 1.42 bits per heavy atom. The lowest BCUT2D eigenvalue weighted by Gasteiger charge is -2.15. The Morgan fingerprint density at radius 1 is 1.00 bits per heavy atom. The zero-order valence-corrected chi connectivity index (χ0v) is 6.43. The lowest BCUT2D eigenvalue weighted by Crippen LogP contribution is -2.44. The monoisotopic (exact) mass is 176 g/mol. The van der Waals surface area contributed by atoms with Crippen molar-refractivity contribution in [2.45, 2.75) is 24.9 Å². The molecule has 6 nitrogen and oxygen atoms in total. The van der Waals surface area contributed by atoms with Crippen molar-refractivity contribution in [1.29, 1.82) is 0 Å². The number of carboxylic acids is 2. The van der Waals surface area contributed by atoms with Crippen LogP contribution in [-0.4, -0.2) is 34.2 Å². The predicted molar refractivity (Wildman–Crippen MR) is 40.5 cm³/mol. The fraction of sp³-hybridized carbons (Fsp3) is 0.667. The number of rotatable bonds is 5. The van der Waals surface area contributed by atoms with Crippen molar-refractivity contribution in [3.8, 4) is 0 Å². The molecule has 0 saturated heterocycles. The summed E-state index contributed by atoms with van der Waals surface area (Å²) in [5, 5.41) is 16.6. The molecule has 0 heterocycles. The maximum Gasteiger partial charge on any atom is 0.304 e. The third-order valence-electron chi connectivity index (χ3n) is 1.37. The van der Waals surface area contributed by atoms with Crippen LogP contribution in [0.1, 0.15) is 12.8 Å².